The molecule has 0 unspecified atom stereocenters. The molecule has 3 aromatic rings. The summed E-state index contributed by atoms with van der Waals surface area (Å²) in [6.07, 6.45) is 2.72. The topological polar surface area (TPSA) is 65.4 Å². The Kier molecular flexibility index (Phi) is 7.76. The number of amides is 1. The summed E-state index contributed by atoms with van der Waals surface area (Å²) in [6, 6.07) is 12.4. The van der Waals surface area contributed by atoms with E-state index in [2.05, 4.69) is 26.3 Å². The minimum absolute atomic E-state index is 0.136. The van der Waals surface area contributed by atoms with Crippen molar-refractivity contribution in [1.29, 1.82) is 0 Å². The quantitative estimate of drug-likeness (QED) is 0.426. The number of carbonyl (C=O) groups excluding carboxylic acids is 1. The summed E-state index contributed by atoms with van der Waals surface area (Å²) < 4.78 is 14.1. The highest BCUT2D eigenvalue weighted by molar-refractivity contribution is 9.10. The fraction of sp³-hybridized carbons (Fsp3) is 0.273. The van der Waals surface area contributed by atoms with Crippen molar-refractivity contribution in [2.75, 3.05) is 13.7 Å². The third kappa shape index (κ3) is 6.00. The van der Waals surface area contributed by atoms with Gasteiger partial charge in [0.15, 0.2) is 0 Å². The van der Waals surface area contributed by atoms with E-state index in [1.54, 1.807) is 49.6 Å². The number of nitrogens with zero attached hydrogens (tertiary/aromatic N) is 2. The largest absolute Gasteiger partial charge is 0.496 e. The number of nitrogens with one attached hydrogen (secondary N) is 1. The maximum absolute atomic E-state index is 12.5. The first-order valence-corrected chi connectivity index (χ1v) is 10.7. The summed E-state index contributed by atoms with van der Waals surface area (Å²) in [6.45, 7) is 3.51. The third-order valence-electron chi connectivity index (χ3n) is 4.49. The second-order valence-electron chi connectivity index (χ2n) is 6.70. The van der Waals surface area contributed by atoms with E-state index in [-0.39, 0.29) is 12.5 Å². The van der Waals surface area contributed by atoms with E-state index in [4.69, 9.17) is 21.1 Å². The average Bonchev–Trinajstić information content (AvgIpc) is 3.07. The van der Waals surface area contributed by atoms with Crippen molar-refractivity contribution in [3.8, 4) is 11.5 Å². The zero-order valence-corrected chi connectivity index (χ0v) is 19.2. The van der Waals surface area contributed by atoms with Crippen molar-refractivity contribution < 1.29 is 14.3 Å². The summed E-state index contributed by atoms with van der Waals surface area (Å²) in [5.74, 6) is 1.22. The number of rotatable bonds is 9. The molecule has 0 saturated carbocycles. The first kappa shape index (κ1) is 22.2. The first-order valence-electron chi connectivity index (χ1n) is 9.49. The van der Waals surface area contributed by atoms with Crippen molar-refractivity contribution in [1.82, 2.24) is 15.1 Å². The second kappa shape index (κ2) is 10.5. The SMILES string of the molecule is COc1ccc(C(=O)NCCCn2cc(Br)c(C)n2)cc1COc1ccc(Cl)cc1. The molecule has 0 aliphatic heterocycles. The van der Waals surface area contributed by atoms with Gasteiger partial charge in [-0.3, -0.25) is 9.48 Å². The molecule has 1 heterocycles. The van der Waals surface area contributed by atoms with Crippen LogP contribution in [0.25, 0.3) is 0 Å². The average molecular weight is 493 g/mol. The van der Waals surface area contributed by atoms with Gasteiger partial charge in [0, 0.05) is 35.4 Å². The molecule has 1 N–H and O–H groups in total. The lowest BCUT2D eigenvalue weighted by Crippen LogP contribution is -2.25. The Bertz CT molecular complexity index is 986. The molecule has 0 radical (unpaired) electrons. The van der Waals surface area contributed by atoms with E-state index < -0.39 is 0 Å². The van der Waals surface area contributed by atoms with Gasteiger partial charge < -0.3 is 14.8 Å². The molecule has 158 valence electrons. The normalized spacial score (nSPS) is 10.7. The summed E-state index contributed by atoms with van der Waals surface area (Å²) in [5.41, 5.74) is 2.30. The number of methoxy groups -OCH3 is 1. The van der Waals surface area contributed by atoms with Gasteiger partial charge in [0.05, 0.1) is 17.3 Å². The molecule has 0 saturated heterocycles. The van der Waals surface area contributed by atoms with Crippen LogP contribution in [0.15, 0.2) is 53.1 Å². The standard InChI is InChI=1S/C22H23BrClN3O3/c1-15-20(23)13-27(26-15)11-3-10-25-22(28)16-4-9-21(29-2)17(12-16)14-30-19-7-5-18(24)6-8-19/h4-9,12-13H,3,10-11,14H2,1-2H3,(H,25,28). The zero-order chi connectivity index (χ0) is 21.5. The Labute approximate surface area is 189 Å². The number of hydrogen-bond acceptors (Lipinski definition) is 4. The molecule has 0 aliphatic carbocycles. The Hall–Kier alpha value is -2.51. The van der Waals surface area contributed by atoms with Crippen LogP contribution in [-0.2, 0) is 13.2 Å². The second-order valence-corrected chi connectivity index (χ2v) is 7.99. The van der Waals surface area contributed by atoms with Crippen LogP contribution < -0.4 is 14.8 Å². The third-order valence-corrected chi connectivity index (χ3v) is 5.52. The summed E-state index contributed by atoms with van der Waals surface area (Å²) in [5, 5.41) is 7.98. The monoisotopic (exact) mass is 491 g/mol. The number of carbonyl (C=O) groups is 1. The Balaban J connectivity index is 1.55. The maximum Gasteiger partial charge on any atom is 0.251 e. The van der Waals surface area contributed by atoms with Crippen LogP contribution in [0.5, 0.6) is 11.5 Å². The molecular formula is C22H23BrClN3O3. The fourth-order valence-electron chi connectivity index (χ4n) is 2.88. The van der Waals surface area contributed by atoms with Crippen LogP contribution in [0.1, 0.15) is 28.0 Å². The van der Waals surface area contributed by atoms with Crippen molar-refractivity contribution in [2.24, 2.45) is 0 Å². The first-order chi connectivity index (χ1) is 14.5. The molecule has 30 heavy (non-hydrogen) atoms. The highest BCUT2D eigenvalue weighted by atomic mass is 79.9. The number of aryl methyl sites for hydroxylation is 2. The fourth-order valence-corrected chi connectivity index (χ4v) is 3.32. The molecule has 1 amide bonds. The molecule has 0 aliphatic rings. The van der Waals surface area contributed by atoms with Crippen LogP contribution >= 0.6 is 27.5 Å². The molecule has 2 aromatic carbocycles. The Morgan fingerprint density at radius 3 is 2.67 bits per heavy atom. The van der Waals surface area contributed by atoms with Crippen LogP contribution in [0.2, 0.25) is 5.02 Å². The van der Waals surface area contributed by atoms with E-state index >= 15 is 0 Å². The van der Waals surface area contributed by atoms with Crippen LogP contribution in [0, 0.1) is 6.92 Å². The molecule has 8 heteroatoms. The number of benzene rings is 2. The summed E-state index contributed by atoms with van der Waals surface area (Å²) in [7, 11) is 1.59. The molecule has 3 rings (SSSR count). The van der Waals surface area contributed by atoms with Gasteiger partial charge in [-0.2, -0.15) is 5.10 Å². The van der Waals surface area contributed by atoms with Gasteiger partial charge in [-0.25, -0.2) is 0 Å². The lowest BCUT2D eigenvalue weighted by atomic mass is 10.1. The minimum Gasteiger partial charge on any atom is -0.496 e. The van der Waals surface area contributed by atoms with Crippen LogP contribution in [-0.4, -0.2) is 29.3 Å². The summed E-state index contributed by atoms with van der Waals surface area (Å²) >= 11 is 9.35. The number of ether oxygens (including phenoxy) is 2. The van der Waals surface area contributed by atoms with E-state index in [1.807, 2.05) is 17.8 Å². The van der Waals surface area contributed by atoms with Gasteiger partial charge in [0.25, 0.3) is 5.91 Å². The summed E-state index contributed by atoms with van der Waals surface area (Å²) in [4.78, 5) is 12.5. The number of aromatic nitrogens is 2. The predicted molar refractivity (Wildman–Crippen MR) is 120 cm³/mol. The van der Waals surface area contributed by atoms with Crippen molar-refractivity contribution in [2.45, 2.75) is 26.5 Å². The van der Waals surface area contributed by atoms with Gasteiger partial charge in [0.1, 0.15) is 18.1 Å². The number of halogens is 2. The van der Waals surface area contributed by atoms with Gasteiger partial charge in [-0.1, -0.05) is 11.6 Å². The van der Waals surface area contributed by atoms with Gasteiger partial charge in [-0.05, 0) is 71.7 Å². The van der Waals surface area contributed by atoms with E-state index in [0.29, 0.717) is 28.6 Å². The van der Waals surface area contributed by atoms with Crippen LogP contribution in [0.3, 0.4) is 0 Å². The van der Waals surface area contributed by atoms with Crippen molar-refractivity contribution in [3.05, 3.63) is 75.0 Å². The molecule has 1 aromatic heterocycles. The smallest absolute Gasteiger partial charge is 0.251 e. The highest BCUT2D eigenvalue weighted by Crippen LogP contribution is 2.23. The van der Waals surface area contributed by atoms with Crippen LogP contribution in [0.4, 0.5) is 0 Å². The molecule has 6 nitrogen and oxygen atoms in total. The van der Waals surface area contributed by atoms with E-state index in [1.165, 1.54) is 0 Å². The molecule has 0 atom stereocenters. The van der Waals surface area contributed by atoms with Gasteiger partial charge in [-0.15, -0.1) is 0 Å². The highest BCUT2D eigenvalue weighted by Gasteiger charge is 2.11. The van der Waals surface area contributed by atoms with Gasteiger partial charge >= 0.3 is 0 Å². The molecule has 0 bridgehead atoms. The minimum atomic E-state index is -0.136. The zero-order valence-electron chi connectivity index (χ0n) is 16.8. The predicted octanol–water partition coefficient (Wildman–Crippen LogP) is 5.02. The lowest BCUT2D eigenvalue weighted by molar-refractivity contribution is 0.0952. The lowest BCUT2D eigenvalue weighted by Gasteiger charge is -2.12. The van der Waals surface area contributed by atoms with Crippen molar-refractivity contribution >= 4 is 33.4 Å². The number of hydrogen-bond donors (Lipinski definition) is 1. The maximum atomic E-state index is 12.5. The Morgan fingerprint density at radius 2 is 2.00 bits per heavy atom. The molecule has 0 fully saturated rings. The molecule has 0 spiro atoms. The van der Waals surface area contributed by atoms with E-state index in [0.717, 1.165) is 28.7 Å². The van der Waals surface area contributed by atoms with E-state index in [9.17, 15) is 4.79 Å². The van der Waals surface area contributed by atoms with Gasteiger partial charge in [0.2, 0.25) is 0 Å². The molecular weight excluding hydrogens is 470 g/mol. The van der Waals surface area contributed by atoms with Crippen molar-refractivity contribution in [3.63, 3.8) is 0 Å². The Morgan fingerprint density at radius 1 is 1.23 bits per heavy atom.